The largest absolute Gasteiger partial charge is 0.496 e. The van der Waals surface area contributed by atoms with E-state index in [0.29, 0.717) is 11.3 Å². The summed E-state index contributed by atoms with van der Waals surface area (Å²) in [5.41, 5.74) is 1.23. The molecule has 0 bridgehead atoms. The number of amides is 1. The van der Waals surface area contributed by atoms with Crippen LogP contribution in [0.15, 0.2) is 48.0 Å². The molecule has 0 heterocycles. The number of nitro benzene ring substituents is 1. The lowest BCUT2D eigenvalue weighted by atomic mass is 10.1. The Kier molecular flexibility index (Phi) is 7.32. The third-order valence-electron chi connectivity index (χ3n) is 4.35. The Morgan fingerprint density at radius 3 is 2.41 bits per heavy atom. The molecular formula is C21H22N4O4. The first-order valence-corrected chi connectivity index (χ1v) is 9.04. The number of nitrogens with one attached hydrogen (secondary N) is 1. The predicted octanol–water partition coefficient (Wildman–Crippen LogP) is 4.00. The Hall–Kier alpha value is -3.86. The summed E-state index contributed by atoms with van der Waals surface area (Å²) in [6.07, 6.45) is 1.44. The zero-order valence-electron chi connectivity index (χ0n) is 16.5. The highest BCUT2D eigenvalue weighted by Gasteiger charge is 2.19. The van der Waals surface area contributed by atoms with Crippen molar-refractivity contribution in [1.29, 1.82) is 5.26 Å². The number of carbonyl (C=O) groups is 1. The fraction of sp³-hybridized carbons (Fsp3) is 0.238. The van der Waals surface area contributed by atoms with Gasteiger partial charge >= 0.3 is 0 Å². The monoisotopic (exact) mass is 394 g/mol. The number of hydrogen-bond donors (Lipinski definition) is 1. The van der Waals surface area contributed by atoms with Crippen LogP contribution in [0.5, 0.6) is 5.75 Å². The minimum absolute atomic E-state index is 0.0150. The molecule has 0 saturated carbocycles. The van der Waals surface area contributed by atoms with Gasteiger partial charge in [0.05, 0.1) is 18.1 Å². The van der Waals surface area contributed by atoms with Gasteiger partial charge in [-0.1, -0.05) is 12.1 Å². The highest BCUT2D eigenvalue weighted by atomic mass is 16.6. The Labute approximate surface area is 169 Å². The van der Waals surface area contributed by atoms with Crippen LogP contribution in [0.3, 0.4) is 0 Å². The van der Waals surface area contributed by atoms with E-state index in [-0.39, 0.29) is 16.9 Å². The van der Waals surface area contributed by atoms with Crippen molar-refractivity contribution in [3.8, 4) is 11.8 Å². The highest BCUT2D eigenvalue weighted by molar-refractivity contribution is 6.10. The van der Waals surface area contributed by atoms with Crippen LogP contribution in [0.25, 0.3) is 6.08 Å². The minimum atomic E-state index is -0.728. The summed E-state index contributed by atoms with van der Waals surface area (Å²) in [6.45, 7) is 5.87. The first-order valence-electron chi connectivity index (χ1n) is 9.04. The van der Waals surface area contributed by atoms with Gasteiger partial charge in [-0.25, -0.2) is 0 Å². The van der Waals surface area contributed by atoms with Crippen molar-refractivity contribution in [3.63, 3.8) is 0 Å². The van der Waals surface area contributed by atoms with E-state index in [1.165, 1.54) is 31.4 Å². The molecule has 8 heteroatoms. The molecular weight excluding hydrogens is 372 g/mol. The maximum atomic E-state index is 12.5. The van der Waals surface area contributed by atoms with Gasteiger partial charge in [0.1, 0.15) is 23.1 Å². The van der Waals surface area contributed by atoms with E-state index in [1.54, 1.807) is 0 Å². The second kappa shape index (κ2) is 9.90. The lowest BCUT2D eigenvalue weighted by molar-refractivity contribution is -0.384. The van der Waals surface area contributed by atoms with Crippen molar-refractivity contribution in [1.82, 2.24) is 0 Å². The van der Waals surface area contributed by atoms with E-state index in [1.807, 2.05) is 30.3 Å². The molecule has 0 fully saturated rings. The molecule has 0 saturated heterocycles. The van der Waals surface area contributed by atoms with E-state index < -0.39 is 10.8 Å². The topological polar surface area (TPSA) is 108 Å². The van der Waals surface area contributed by atoms with Crippen LogP contribution in [0.2, 0.25) is 0 Å². The summed E-state index contributed by atoms with van der Waals surface area (Å²) < 4.78 is 4.97. The molecule has 0 spiro atoms. The maximum Gasteiger partial charge on any atom is 0.296 e. The van der Waals surface area contributed by atoms with E-state index >= 15 is 0 Å². The van der Waals surface area contributed by atoms with Gasteiger partial charge in [0.25, 0.3) is 11.6 Å². The molecule has 0 unspecified atom stereocenters. The molecule has 0 atom stereocenters. The summed E-state index contributed by atoms with van der Waals surface area (Å²) in [6, 6.07) is 13.4. The molecule has 2 aromatic rings. The van der Waals surface area contributed by atoms with Crippen LogP contribution in [-0.4, -0.2) is 31.0 Å². The number of nitro groups is 1. The SMILES string of the molecule is CCN(CC)c1ccc(/C=C(\C#N)C(=O)Nc2ccc(OC)cc2[N+](=O)[O-])cc1. The summed E-state index contributed by atoms with van der Waals surface area (Å²) >= 11 is 0. The molecule has 2 aromatic carbocycles. The van der Waals surface area contributed by atoms with Crippen molar-refractivity contribution >= 4 is 29.0 Å². The summed E-state index contributed by atoms with van der Waals surface area (Å²) in [5, 5.41) is 23.1. The van der Waals surface area contributed by atoms with Gasteiger partial charge in [0, 0.05) is 18.8 Å². The van der Waals surface area contributed by atoms with Crippen LogP contribution in [0, 0.1) is 21.4 Å². The van der Waals surface area contributed by atoms with Gasteiger partial charge in [-0.05, 0) is 49.8 Å². The van der Waals surface area contributed by atoms with Crippen LogP contribution in [0.1, 0.15) is 19.4 Å². The standard InChI is InChI=1S/C21H22N4O4/c1-4-24(5-2)17-8-6-15(7-9-17)12-16(14-22)21(26)23-19-11-10-18(29-3)13-20(19)25(27)28/h6-13H,4-5H2,1-3H3,(H,23,26)/b16-12+. The predicted molar refractivity (Wildman–Crippen MR) is 112 cm³/mol. The van der Waals surface area contributed by atoms with E-state index in [2.05, 4.69) is 24.1 Å². The maximum absolute atomic E-state index is 12.5. The van der Waals surface area contributed by atoms with Crippen LogP contribution in [-0.2, 0) is 4.79 Å². The van der Waals surface area contributed by atoms with Crippen molar-refractivity contribution < 1.29 is 14.5 Å². The molecule has 0 aliphatic carbocycles. The van der Waals surface area contributed by atoms with Gasteiger partial charge in [0.2, 0.25) is 0 Å². The number of nitrogens with zero attached hydrogens (tertiary/aromatic N) is 3. The first-order chi connectivity index (χ1) is 13.9. The highest BCUT2D eigenvalue weighted by Crippen LogP contribution is 2.29. The zero-order chi connectivity index (χ0) is 21.4. The van der Waals surface area contributed by atoms with E-state index in [9.17, 15) is 20.2 Å². The summed E-state index contributed by atoms with van der Waals surface area (Å²) in [5.74, 6) is -0.437. The van der Waals surface area contributed by atoms with Gasteiger partial charge in [-0.15, -0.1) is 0 Å². The van der Waals surface area contributed by atoms with Gasteiger partial charge < -0.3 is 15.0 Å². The Morgan fingerprint density at radius 1 is 1.24 bits per heavy atom. The quantitative estimate of drug-likeness (QED) is 0.314. The van der Waals surface area contributed by atoms with Crippen LogP contribution >= 0.6 is 0 Å². The lowest BCUT2D eigenvalue weighted by Crippen LogP contribution is -2.21. The number of carbonyl (C=O) groups excluding carboxylic acids is 1. The van der Waals surface area contributed by atoms with Crippen molar-refractivity contribution in [2.24, 2.45) is 0 Å². The number of hydrogen-bond acceptors (Lipinski definition) is 6. The number of anilines is 2. The van der Waals surface area contributed by atoms with Crippen molar-refractivity contribution in [2.75, 3.05) is 30.4 Å². The fourth-order valence-corrected chi connectivity index (χ4v) is 2.77. The summed E-state index contributed by atoms with van der Waals surface area (Å²) in [7, 11) is 1.39. The average molecular weight is 394 g/mol. The zero-order valence-corrected chi connectivity index (χ0v) is 16.5. The number of benzene rings is 2. The van der Waals surface area contributed by atoms with E-state index in [4.69, 9.17) is 4.74 Å². The molecule has 8 nitrogen and oxygen atoms in total. The molecule has 0 aliphatic heterocycles. The second-order valence-corrected chi connectivity index (χ2v) is 6.03. The molecule has 29 heavy (non-hydrogen) atoms. The first kappa shape index (κ1) is 21.4. The van der Waals surface area contributed by atoms with E-state index in [0.717, 1.165) is 18.8 Å². The second-order valence-electron chi connectivity index (χ2n) is 6.03. The third-order valence-corrected chi connectivity index (χ3v) is 4.35. The number of nitriles is 1. The summed E-state index contributed by atoms with van der Waals surface area (Å²) in [4.78, 5) is 25.3. The van der Waals surface area contributed by atoms with Gasteiger partial charge in [-0.2, -0.15) is 5.26 Å². The number of rotatable bonds is 8. The molecule has 1 N–H and O–H groups in total. The Balaban J connectivity index is 2.25. The van der Waals surface area contributed by atoms with Crippen LogP contribution in [0.4, 0.5) is 17.1 Å². The normalized spacial score (nSPS) is 10.8. The fourth-order valence-electron chi connectivity index (χ4n) is 2.77. The molecule has 2 rings (SSSR count). The van der Waals surface area contributed by atoms with Gasteiger partial charge in [-0.3, -0.25) is 14.9 Å². The Morgan fingerprint density at radius 2 is 1.90 bits per heavy atom. The number of ether oxygens (including phenoxy) is 1. The smallest absolute Gasteiger partial charge is 0.296 e. The lowest BCUT2D eigenvalue weighted by Gasteiger charge is -2.20. The molecule has 0 aliphatic rings. The molecule has 0 aromatic heterocycles. The minimum Gasteiger partial charge on any atom is -0.496 e. The van der Waals surface area contributed by atoms with Gasteiger partial charge in [0.15, 0.2) is 0 Å². The van der Waals surface area contributed by atoms with Crippen molar-refractivity contribution in [2.45, 2.75) is 13.8 Å². The third kappa shape index (κ3) is 5.32. The molecule has 0 radical (unpaired) electrons. The average Bonchev–Trinajstić information content (AvgIpc) is 2.73. The molecule has 150 valence electrons. The number of methoxy groups -OCH3 is 1. The van der Waals surface area contributed by atoms with Crippen molar-refractivity contribution in [3.05, 3.63) is 63.7 Å². The van der Waals surface area contributed by atoms with Crippen LogP contribution < -0.4 is 15.0 Å². The Bertz CT molecular complexity index is 958. The molecule has 1 amide bonds.